The summed E-state index contributed by atoms with van der Waals surface area (Å²) in [6, 6.07) is 0.463. The van der Waals surface area contributed by atoms with Crippen molar-refractivity contribution >= 4 is 0 Å². The van der Waals surface area contributed by atoms with E-state index in [0.717, 1.165) is 17.8 Å². The molecule has 1 nitrogen and oxygen atoms in total. The second-order valence-electron chi connectivity index (χ2n) is 5.02. The lowest BCUT2D eigenvalue weighted by Crippen LogP contribution is -2.35. The van der Waals surface area contributed by atoms with Gasteiger partial charge in [0.1, 0.15) is 0 Å². The molecular weight excluding hydrogens is 158 g/mol. The summed E-state index contributed by atoms with van der Waals surface area (Å²) in [5, 5.41) is 0. The van der Waals surface area contributed by atoms with Gasteiger partial charge in [-0.1, -0.05) is 33.6 Å². The summed E-state index contributed by atoms with van der Waals surface area (Å²) in [6.45, 7) is 6.93. The molecule has 1 fully saturated rings. The Hall–Kier alpha value is -0.0400. The summed E-state index contributed by atoms with van der Waals surface area (Å²) in [5.41, 5.74) is 6.27. The van der Waals surface area contributed by atoms with Gasteiger partial charge >= 0.3 is 0 Å². The largest absolute Gasteiger partial charge is 0.327 e. The maximum absolute atomic E-state index is 6.27. The highest BCUT2D eigenvalue weighted by molar-refractivity contribution is 4.83. The predicted molar refractivity (Wildman–Crippen MR) is 58.6 cm³/mol. The molecule has 0 spiro atoms. The monoisotopic (exact) mass is 183 g/mol. The summed E-state index contributed by atoms with van der Waals surface area (Å²) >= 11 is 0. The van der Waals surface area contributed by atoms with E-state index in [1.54, 1.807) is 0 Å². The molecule has 1 heteroatoms. The van der Waals surface area contributed by atoms with Crippen LogP contribution < -0.4 is 5.73 Å². The van der Waals surface area contributed by atoms with Gasteiger partial charge in [-0.05, 0) is 37.0 Å². The van der Waals surface area contributed by atoms with Crippen molar-refractivity contribution in [2.45, 2.75) is 58.9 Å². The molecule has 4 unspecified atom stereocenters. The van der Waals surface area contributed by atoms with Gasteiger partial charge in [-0.25, -0.2) is 0 Å². The van der Waals surface area contributed by atoms with Crippen LogP contribution in [0.25, 0.3) is 0 Å². The first-order valence-corrected chi connectivity index (χ1v) is 5.90. The van der Waals surface area contributed by atoms with E-state index in [0.29, 0.717) is 6.04 Å². The van der Waals surface area contributed by atoms with E-state index in [1.807, 2.05) is 0 Å². The smallest absolute Gasteiger partial charge is 0.00930 e. The molecule has 0 aromatic heterocycles. The number of hydrogen-bond donors (Lipinski definition) is 1. The second-order valence-corrected chi connectivity index (χ2v) is 5.02. The van der Waals surface area contributed by atoms with Crippen molar-refractivity contribution in [2.75, 3.05) is 0 Å². The maximum Gasteiger partial charge on any atom is 0.00930 e. The van der Waals surface area contributed by atoms with E-state index >= 15 is 0 Å². The van der Waals surface area contributed by atoms with Gasteiger partial charge in [0.25, 0.3) is 0 Å². The molecule has 13 heavy (non-hydrogen) atoms. The Bertz CT molecular complexity index is 144. The normalized spacial score (nSPS) is 33.2. The minimum atomic E-state index is 0.463. The first kappa shape index (κ1) is 11.0. The Morgan fingerprint density at radius 3 is 2.54 bits per heavy atom. The minimum absolute atomic E-state index is 0.463. The summed E-state index contributed by atoms with van der Waals surface area (Å²) in [6.07, 6.45) is 6.71. The van der Waals surface area contributed by atoms with E-state index in [1.165, 1.54) is 32.1 Å². The molecule has 0 aromatic carbocycles. The molecule has 0 radical (unpaired) electrons. The molecule has 0 aromatic rings. The van der Waals surface area contributed by atoms with Crippen LogP contribution in [0.2, 0.25) is 0 Å². The lowest BCUT2D eigenvalue weighted by atomic mass is 9.86. The van der Waals surface area contributed by atoms with Crippen LogP contribution in [0.3, 0.4) is 0 Å². The highest BCUT2D eigenvalue weighted by Crippen LogP contribution is 2.34. The Morgan fingerprint density at radius 2 is 2.08 bits per heavy atom. The molecule has 0 heterocycles. The molecule has 0 bridgehead atoms. The third kappa shape index (κ3) is 2.98. The molecule has 1 aliphatic carbocycles. The Labute approximate surface area is 83.1 Å². The Balaban J connectivity index is 2.33. The van der Waals surface area contributed by atoms with Gasteiger partial charge in [0.05, 0.1) is 0 Å². The molecular formula is C12H25N. The summed E-state index contributed by atoms with van der Waals surface area (Å²) in [5.74, 6) is 2.46. The number of rotatable bonds is 4. The van der Waals surface area contributed by atoms with Crippen LogP contribution in [-0.4, -0.2) is 6.04 Å². The van der Waals surface area contributed by atoms with Crippen LogP contribution in [0.15, 0.2) is 0 Å². The average Bonchev–Trinajstić information content (AvgIpc) is 2.51. The van der Waals surface area contributed by atoms with Crippen molar-refractivity contribution in [3.05, 3.63) is 0 Å². The van der Waals surface area contributed by atoms with Gasteiger partial charge in [0, 0.05) is 6.04 Å². The van der Waals surface area contributed by atoms with Crippen LogP contribution in [0, 0.1) is 17.8 Å². The zero-order chi connectivity index (χ0) is 9.84. The van der Waals surface area contributed by atoms with E-state index < -0.39 is 0 Å². The van der Waals surface area contributed by atoms with Crippen molar-refractivity contribution in [1.29, 1.82) is 0 Å². The van der Waals surface area contributed by atoms with Crippen LogP contribution in [0.4, 0.5) is 0 Å². The highest BCUT2D eigenvalue weighted by atomic mass is 14.7. The van der Waals surface area contributed by atoms with Crippen LogP contribution in [0.1, 0.15) is 52.9 Å². The topological polar surface area (TPSA) is 26.0 Å². The molecule has 1 rings (SSSR count). The van der Waals surface area contributed by atoms with Crippen molar-refractivity contribution in [2.24, 2.45) is 23.5 Å². The summed E-state index contributed by atoms with van der Waals surface area (Å²) in [7, 11) is 0. The second kappa shape index (κ2) is 4.99. The summed E-state index contributed by atoms with van der Waals surface area (Å²) < 4.78 is 0. The van der Waals surface area contributed by atoms with Gasteiger partial charge in [-0.2, -0.15) is 0 Å². The average molecular weight is 183 g/mol. The van der Waals surface area contributed by atoms with Gasteiger partial charge in [0.15, 0.2) is 0 Å². The van der Waals surface area contributed by atoms with Gasteiger partial charge < -0.3 is 5.73 Å². The van der Waals surface area contributed by atoms with Gasteiger partial charge in [-0.15, -0.1) is 0 Å². The van der Waals surface area contributed by atoms with Crippen molar-refractivity contribution < 1.29 is 0 Å². The fourth-order valence-electron chi connectivity index (χ4n) is 2.71. The third-order valence-corrected chi connectivity index (χ3v) is 3.68. The highest BCUT2D eigenvalue weighted by Gasteiger charge is 2.28. The first-order chi connectivity index (χ1) is 6.15. The maximum atomic E-state index is 6.27. The van der Waals surface area contributed by atoms with Crippen LogP contribution in [-0.2, 0) is 0 Å². The van der Waals surface area contributed by atoms with Crippen molar-refractivity contribution in [1.82, 2.24) is 0 Å². The van der Waals surface area contributed by atoms with E-state index in [2.05, 4.69) is 20.8 Å². The molecule has 0 saturated heterocycles. The quantitative estimate of drug-likeness (QED) is 0.711. The third-order valence-electron chi connectivity index (χ3n) is 3.68. The molecule has 0 amide bonds. The minimum Gasteiger partial charge on any atom is -0.327 e. The number of nitrogens with two attached hydrogens (primary N) is 1. The fourth-order valence-corrected chi connectivity index (χ4v) is 2.71. The fraction of sp³-hybridized carbons (Fsp3) is 1.00. The Morgan fingerprint density at radius 1 is 1.38 bits per heavy atom. The zero-order valence-corrected chi connectivity index (χ0v) is 9.42. The van der Waals surface area contributed by atoms with Gasteiger partial charge in [0.2, 0.25) is 0 Å². The van der Waals surface area contributed by atoms with E-state index in [-0.39, 0.29) is 0 Å². The lowest BCUT2D eigenvalue weighted by Gasteiger charge is -2.25. The predicted octanol–water partition coefficient (Wildman–Crippen LogP) is 3.19. The molecule has 2 N–H and O–H groups in total. The lowest BCUT2D eigenvalue weighted by molar-refractivity contribution is 0.308. The van der Waals surface area contributed by atoms with Crippen LogP contribution >= 0.6 is 0 Å². The van der Waals surface area contributed by atoms with Crippen LogP contribution in [0.5, 0.6) is 0 Å². The molecule has 1 aliphatic rings. The SMILES string of the molecule is CCCC(C)C(N)C1CCC(C)C1. The molecule has 0 aliphatic heterocycles. The van der Waals surface area contributed by atoms with E-state index in [4.69, 9.17) is 5.73 Å². The zero-order valence-electron chi connectivity index (χ0n) is 9.42. The van der Waals surface area contributed by atoms with E-state index in [9.17, 15) is 0 Å². The molecule has 78 valence electrons. The summed E-state index contributed by atoms with van der Waals surface area (Å²) in [4.78, 5) is 0. The van der Waals surface area contributed by atoms with Gasteiger partial charge in [-0.3, -0.25) is 0 Å². The van der Waals surface area contributed by atoms with Crippen molar-refractivity contribution in [3.8, 4) is 0 Å². The first-order valence-electron chi connectivity index (χ1n) is 5.90. The Kier molecular flexibility index (Phi) is 4.24. The molecule has 4 atom stereocenters. The standard InChI is InChI=1S/C12H25N/c1-4-5-10(3)12(13)11-7-6-9(2)8-11/h9-12H,4-8,13H2,1-3H3. The number of hydrogen-bond acceptors (Lipinski definition) is 1. The molecule has 1 saturated carbocycles. The van der Waals surface area contributed by atoms with Crippen molar-refractivity contribution in [3.63, 3.8) is 0 Å².